The van der Waals surface area contributed by atoms with Crippen molar-refractivity contribution in [3.05, 3.63) is 41.7 Å². The van der Waals surface area contributed by atoms with Crippen molar-refractivity contribution in [1.82, 2.24) is 15.0 Å². The maximum atomic E-state index is 12.6. The largest absolute Gasteiger partial charge is 0.472 e. The van der Waals surface area contributed by atoms with Crippen LogP contribution >= 0.6 is 0 Å². The summed E-state index contributed by atoms with van der Waals surface area (Å²) in [7, 11) is 0. The molecule has 0 N–H and O–H groups in total. The Hall–Kier alpha value is -2.57. The second-order valence-electron chi connectivity index (χ2n) is 6.73. The number of carbonyl (C=O) groups excluding carboxylic acids is 2. The highest BCUT2D eigenvalue weighted by Crippen LogP contribution is 2.14. The van der Waals surface area contributed by atoms with E-state index in [0.717, 1.165) is 18.5 Å². The van der Waals surface area contributed by atoms with Gasteiger partial charge in [-0.15, -0.1) is 0 Å². The minimum absolute atomic E-state index is 0.0677. The lowest BCUT2D eigenvalue weighted by atomic mass is 10.1. The van der Waals surface area contributed by atoms with Gasteiger partial charge < -0.3 is 18.7 Å². The number of hydrogen-bond acceptors (Lipinski definition) is 5. The lowest BCUT2D eigenvalue weighted by molar-refractivity contribution is 0.0693. The summed E-state index contributed by atoms with van der Waals surface area (Å²) in [6, 6.07) is 3.38. The Morgan fingerprint density at radius 2 is 1.88 bits per heavy atom. The van der Waals surface area contributed by atoms with Crippen LogP contribution in [0.2, 0.25) is 0 Å². The lowest BCUT2D eigenvalue weighted by Crippen LogP contribution is -2.37. The summed E-state index contributed by atoms with van der Waals surface area (Å²) in [5.41, 5.74) is 1.33. The highest BCUT2D eigenvalue weighted by molar-refractivity contribution is 5.94. The Labute approximate surface area is 146 Å². The molecule has 7 heteroatoms. The molecule has 0 spiro atoms. The molecule has 2 aromatic heterocycles. The van der Waals surface area contributed by atoms with Gasteiger partial charge in [0, 0.05) is 32.2 Å². The third kappa shape index (κ3) is 4.10. The van der Waals surface area contributed by atoms with Crippen LogP contribution in [0, 0.1) is 5.92 Å². The van der Waals surface area contributed by atoms with Crippen LogP contribution in [0.15, 0.2) is 33.6 Å². The molecule has 1 fully saturated rings. The number of furan rings is 1. The van der Waals surface area contributed by atoms with Crippen LogP contribution in [0.1, 0.15) is 46.9 Å². The summed E-state index contributed by atoms with van der Waals surface area (Å²) in [6.45, 7) is 6.36. The van der Waals surface area contributed by atoms with Gasteiger partial charge in [0.05, 0.1) is 17.5 Å². The van der Waals surface area contributed by atoms with Gasteiger partial charge in [-0.2, -0.15) is 0 Å². The first kappa shape index (κ1) is 17.3. The van der Waals surface area contributed by atoms with E-state index in [9.17, 15) is 9.59 Å². The summed E-state index contributed by atoms with van der Waals surface area (Å²) in [4.78, 5) is 28.5. The van der Waals surface area contributed by atoms with Gasteiger partial charge in [-0.05, 0) is 24.8 Å². The van der Waals surface area contributed by atoms with E-state index in [-0.39, 0.29) is 17.6 Å². The number of aromatic nitrogens is 1. The zero-order valence-corrected chi connectivity index (χ0v) is 14.6. The van der Waals surface area contributed by atoms with E-state index in [2.05, 4.69) is 19.0 Å². The molecular weight excluding hydrogens is 322 g/mol. The molecular formula is C18H23N3O4. The zero-order chi connectivity index (χ0) is 17.8. The third-order valence-electron chi connectivity index (χ3n) is 4.23. The first-order valence-corrected chi connectivity index (χ1v) is 8.61. The molecule has 1 aliphatic rings. The predicted octanol–water partition coefficient (Wildman–Crippen LogP) is 2.45. The minimum Gasteiger partial charge on any atom is -0.472 e. The summed E-state index contributed by atoms with van der Waals surface area (Å²) in [5, 5.41) is 3.98. The standard InChI is InChI=1S/C18H23N3O4/c1-13(2)10-15-11-16(25-19-15)18(23)21-6-3-5-20(7-8-21)17(22)14-4-9-24-12-14/h4,9,11-13H,3,5-8,10H2,1-2H3. The number of carbonyl (C=O) groups is 2. The molecule has 7 nitrogen and oxygen atoms in total. The Morgan fingerprint density at radius 3 is 2.52 bits per heavy atom. The number of hydrogen-bond donors (Lipinski definition) is 0. The summed E-state index contributed by atoms with van der Waals surface area (Å²) < 4.78 is 10.2. The predicted molar refractivity (Wildman–Crippen MR) is 90.2 cm³/mol. The van der Waals surface area contributed by atoms with Crippen molar-refractivity contribution in [3.63, 3.8) is 0 Å². The molecule has 0 radical (unpaired) electrons. The number of amides is 2. The van der Waals surface area contributed by atoms with Crippen molar-refractivity contribution in [2.24, 2.45) is 5.92 Å². The van der Waals surface area contributed by atoms with Gasteiger partial charge in [-0.1, -0.05) is 19.0 Å². The van der Waals surface area contributed by atoms with E-state index in [4.69, 9.17) is 8.94 Å². The van der Waals surface area contributed by atoms with Crippen LogP contribution in [-0.2, 0) is 6.42 Å². The first-order chi connectivity index (χ1) is 12.0. The molecule has 0 unspecified atom stereocenters. The van der Waals surface area contributed by atoms with Crippen molar-refractivity contribution in [1.29, 1.82) is 0 Å². The van der Waals surface area contributed by atoms with E-state index in [0.29, 0.717) is 37.7 Å². The molecule has 1 aliphatic heterocycles. The molecule has 2 aromatic rings. The molecule has 0 aliphatic carbocycles. The average Bonchev–Trinajstić information content (AvgIpc) is 3.20. The fraction of sp³-hybridized carbons (Fsp3) is 0.500. The van der Waals surface area contributed by atoms with Crippen molar-refractivity contribution >= 4 is 11.8 Å². The van der Waals surface area contributed by atoms with E-state index < -0.39 is 0 Å². The highest BCUT2D eigenvalue weighted by atomic mass is 16.5. The Morgan fingerprint density at radius 1 is 1.16 bits per heavy atom. The van der Waals surface area contributed by atoms with Crippen molar-refractivity contribution in [3.8, 4) is 0 Å². The molecule has 3 heterocycles. The second kappa shape index (κ2) is 7.55. The van der Waals surface area contributed by atoms with Crippen LogP contribution in [0.3, 0.4) is 0 Å². The average molecular weight is 345 g/mol. The van der Waals surface area contributed by atoms with Crippen molar-refractivity contribution in [2.75, 3.05) is 26.2 Å². The molecule has 0 atom stereocenters. The lowest BCUT2D eigenvalue weighted by Gasteiger charge is -2.21. The maximum absolute atomic E-state index is 12.6. The van der Waals surface area contributed by atoms with Gasteiger partial charge in [0.15, 0.2) is 0 Å². The first-order valence-electron chi connectivity index (χ1n) is 8.61. The van der Waals surface area contributed by atoms with E-state index in [1.165, 1.54) is 12.5 Å². The minimum atomic E-state index is -0.167. The van der Waals surface area contributed by atoms with Gasteiger partial charge in [-0.25, -0.2) is 0 Å². The molecule has 134 valence electrons. The maximum Gasteiger partial charge on any atom is 0.292 e. The van der Waals surface area contributed by atoms with Crippen molar-refractivity contribution < 1.29 is 18.5 Å². The van der Waals surface area contributed by atoms with Gasteiger partial charge in [0.2, 0.25) is 5.76 Å². The van der Waals surface area contributed by atoms with Gasteiger partial charge in [0.25, 0.3) is 11.8 Å². The van der Waals surface area contributed by atoms with Crippen LogP contribution in [0.5, 0.6) is 0 Å². The van der Waals surface area contributed by atoms with Gasteiger partial charge in [0.1, 0.15) is 6.26 Å². The molecule has 0 bridgehead atoms. The number of rotatable bonds is 4. The summed E-state index contributed by atoms with van der Waals surface area (Å²) in [6.07, 6.45) is 4.44. The van der Waals surface area contributed by atoms with Crippen LogP contribution in [0.4, 0.5) is 0 Å². The van der Waals surface area contributed by atoms with Crippen molar-refractivity contribution in [2.45, 2.75) is 26.7 Å². The van der Waals surface area contributed by atoms with Crippen LogP contribution in [-0.4, -0.2) is 52.9 Å². The quantitative estimate of drug-likeness (QED) is 0.850. The molecule has 3 rings (SSSR count). The van der Waals surface area contributed by atoms with Crippen LogP contribution in [0.25, 0.3) is 0 Å². The SMILES string of the molecule is CC(C)Cc1cc(C(=O)N2CCCN(C(=O)c3ccoc3)CC2)on1. The summed E-state index contributed by atoms with van der Waals surface area (Å²) in [5.74, 6) is 0.487. The van der Waals surface area contributed by atoms with Gasteiger partial charge >= 0.3 is 0 Å². The summed E-state index contributed by atoms with van der Waals surface area (Å²) >= 11 is 0. The Balaban J connectivity index is 1.61. The second-order valence-corrected chi connectivity index (χ2v) is 6.73. The molecule has 2 amide bonds. The fourth-order valence-corrected chi connectivity index (χ4v) is 2.98. The highest BCUT2D eigenvalue weighted by Gasteiger charge is 2.26. The zero-order valence-electron chi connectivity index (χ0n) is 14.6. The van der Waals surface area contributed by atoms with E-state index in [1.807, 2.05) is 0 Å². The fourth-order valence-electron chi connectivity index (χ4n) is 2.98. The normalized spacial score (nSPS) is 15.5. The van der Waals surface area contributed by atoms with Gasteiger partial charge in [-0.3, -0.25) is 9.59 Å². The third-order valence-corrected chi connectivity index (χ3v) is 4.23. The Kier molecular flexibility index (Phi) is 5.21. The number of nitrogens with zero attached hydrogens (tertiary/aromatic N) is 3. The van der Waals surface area contributed by atoms with Crippen LogP contribution < -0.4 is 0 Å². The molecule has 0 aromatic carbocycles. The molecule has 25 heavy (non-hydrogen) atoms. The monoisotopic (exact) mass is 345 g/mol. The van der Waals surface area contributed by atoms with E-state index >= 15 is 0 Å². The smallest absolute Gasteiger partial charge is 0.292 e. The molecule has 0 saturated carbocycles. The molecule has 1 saturated heterocycles. The Bertz CT molecular complexity index is 721. The van der Waals surface area contributed by atoms with E-state index in [1.54, 1.807) is 21.9 Å². The topological polar surface area (TPSA) is 79.8 Å².